The van der Waals surface area contributed by atoms with Crippen LogP contribution in [0.25, 0.3) is 71.3 Å². The third-order valence-electron chi connectivity index (χ3n) is 8.36. The van der Waals surface area contributed by atoms with Crippen LogP contribution in [-0.4, -0.2) is 4.57 Å². The van der Waals surface area contributed by atoms with Crippen LogP contribution < -0.4 is 0 Å². The molecule has 9 rings (SSSR count). The van der Waals surface area contributed by atoms with Crippen LogP contribution in [0.2, 0.25) is 0 Å². The summed E-state index contributed by atoms with van der Waals surface area (Å²) in [6, 6.07) is 51.3. The van der Waals surface area contributed by atoms with Crippen molar-refractivity contribution in [3.63, 3.8) is 0 Å². The summed E-state index contributed by atoms with van der Waals surface area (Å²) in [5.41, 5.74) is 8.76. The van der Waals surface area contributed by atoms with E-state index < -0.39 is 0 Å². The second kappa shape index (κ2) is 8.35. The van der Waals surface area contributed by atoms with Gasteiger partial charge in [-0.05, 0) is 80.9 Å². The van der Waals surface area contributed by atoms with E-state index >= 15 is 0 Å². The van der Waals surface area contributed by atoms with Crippen molar-refractivity contribution in [1.82, 2.24) is 4.57 Å². The highest BCUT2D eigenvalue weighted by Crippen LogP contribution is 2.48. The molecule has 0 N–H and O–H groups in total. The maximum atomic E-state index is 2.42. The van der Waals surface area contributed by atoms with Gasteiger partial charge in [0.05, 0.1) is 11.0 Å². The molecule has 0 amide bonds. The highest BCUT2D eigenvalue weighted by atomic mass is 32.2. The topological polar surface area (TPSA) is 4.93 Å². The van der Waals surface area contributed by atoms with E-state index in [-0.39, 0.29) is 0 Å². The van der Waals surface area contributed by atoms with E-state index in [9.17, 15) is 0 Å². The highest BCUT2D eigenvalue weighted by molar-refractivity contribution is 7.99. The summed E-state index contributed by atoms with van der Waals surface area (Å²) >= 11 is 1.88. The van der Waals surface area contributed by atoms with Gasteiger partial charge >= 0.3 is 0 Å². The summed E-state index contributed by atoms with van der Waals surface area (Å²) in [7, 11) is 0. The van der Waals surface area contributed by atoms with E-state index in [1.165, 1.54) is 81.1 Å². The maximum absolute atomic E-state index is 2.42. The molecule has 0 radical (unpaired) electrons. The van der Waals surface area contributed by atoms with E-state index in [2.05, 4.69) is 144 Å². The first kappa shape index (κ1) is 22.1. The predicted molar refractivity (Wildman–Crippen MR) is 171 cm³/mol. The predicted octanol–water partition coefficient (Wildman–Crippen LogP) is 10.9. The van der Waals surface area contributed by atoms with Crippen LogP contribution >= 0.6 is 11.8 Å². The van der Waals surface area contributed by atoms with Crippen molar-refractivity contribution in [2.24, 2.45) is 0 Å². The number of hydrogen-bond donors (Lipinski definition) is 0. The molecule has 1 aliphatic heterocycles. The Bertz CT molecular complexity index is 2300. The Morgan fingerprint density at radius 2 is 1.20 bits per heavy atom. The minimum absolute atomic E-state index is 1.18. The second-order valence-electron chi connectivity index (χ2n) is 10.6. The average molecular weight is 526 g/mol. The summed E-state index contributed by atoms with van der Waals surface area (Å²) in [6.45, 7) is 0. The zero-order valence-corrected chi connectivity index (χ0v) is 22.5. The fraction of sp³-hybridized carbons (Fsp3) is 0. The number of aromatic nitrogens is 1. The normalized spacial score (nSPS) is 12.4. The van der Waals surface area contributed by atoms with Gasteiger partial charge in [-0.15, -0.1) is 0 Å². The first-order valence-electron chi connectivity index (χ1n) is 13.7. The first-order valence-corrected chi connectivity index (χ1v) is 14.5. The second-order valence-corrected chi connectivity index (χ2v) is 11.6. The summed E-state index contributed by atoms with van der Waals surface area (Å²) < 4.78 is 2.42. The third-order valence-corrected chi connectivity index (χ3v) is 9.49. The smallest absolute Gasteiger partial charge is 0.0547 e. The van der Waals surface area contributed by atoms with Crippen LogP contribution in [0.5, 0.6) is 0 Å². The molecule has 1 nitrogen and oxygen atoms in total. The molecule has 0 fully saturated rings. The summed E-state index contributed by atoms with van der Waals surface area (Å²) in [5.74, 6) is 0. The molecule has 1 aliphatic rings. The lowest BCUT2D eigenvalue weighted by atomic mass is 9.94. The Morgan fingerprint density at radius 3 is 2.15 bits per heavy atom. The van der Waals surface area contributed by atoms with Crippen LogP contribution in [-0.2, 0) is 0 Å². The summed E-state index contributed by atoms with van der Waals surface area (Å²) in [6.07, 6.45) is 0. The van der Waals surface area contributed by atoms with Gasteiger partial charge in [0.1, 0.15) is 0 Å². The van der Waals surface area contributed by atoms with Crippen molar-refractivity contribution in [1.29, 1.82) is 0 Å². The lowest BCUT2D eigenvalue weighted by Crippen LogP contribution is -1.95. The van der Waals surface area contributed by atoms with Crippen LogP contribution in [0.1, 0.15) is 0 Å². The van der Waals surface area contributed by atoms with E-state index in [0.29, 0.717) is 0 Å². The minimum Gasteiger partial charge on any atom is -0.309 e. The number of para-hydroxylation sites is 1. The summed E-state index contributed by atoms with van der Waals surface area (Å²) in [5, 5.41) is 7.85. The van der Waals surface area contributed by atoms with Gasteiger partial charge in [-0.2, -0.15) is 0 Å². The highest BCUT2D eigenvalue weighted by Gasteiger charge is 2.20. The summed E-state index contributed by atoms with van der Waals surface area (Å²) in [4.78, 5) is 2.66. The van der Waals surface area contributed by atoms with E-state index in [1.807, 2.05) is 11.8 Å². The van der Waals surface area contributed by atoms with Crippen molar-refractivity contribution in [2.75, 3.05) is 0 Å². The number of nitrogens with zero attached hydrogens (tertiary/aromatic N) is 1. The van der Waals surface area contributed by atoms with Gasteiger partial charge in [0.2, 0.25) is 0 Å². The molecule has 8 aromatic rings. The fourth-order valence-corrected chi connectivity index (χ4v) is 7.71. The van der Waals surface area contributed by atoms with Gasteiger partial charge in [0, 0.05) is 31.6 Å². The SMILES string of the molecule is c1cc(-c2ccc3c(c2)-c2cccc4cccc(c24)S3)cc(-n2c3ccccc3c3c4ccccc4ccc32)c1. The standard InChI is InChI=1S/C38H23NS/c1-2-13-29-24(8-1)18-20-34-38(29)31-14-3-4-16-33(31)39(34)28-12-5-11-26(22-28)27-19-21-35-32(23-27)30-15-6-9-25-10-7-17-36(40-35)37(25)30/h1-23H. The van der Waals surface area contributed by atoms with E-state index in [4.69, 9.17) is 0 Å². The van der Waals surface area contributed by atoms with Crippen LogP contribution in [0.15, 0.2) is 149 Å². The molecule has 186 valence electrons. The molecule has 40 heavy (non-hydrogen) atoms. The van der Waals surface area contributed by atoms with Gasteiger partial charge in [0.25, 0.3) is 0 Å². The van der Waals surface area contributed by atoms with Crippen molar-refractivity contribution in [2.45, 2.75) is 9.79 Å². The zero-order valence-electron chi connectivity index (χ0n) is 21.6. The van der Waals surface area contributed by atoms with Crippen LogP contribution in [0.3, 0.4) is 0 Å². The van der Waals surface area contributed by atoms with Crippen molar-refractivity contribution in [3.05, 3.63) is 140 Å². The molecule has 2 heterocycles. The number of benzene rings is 7. The molecule has 7 aromatic carbocycles. The Morgan fingerprint density at radius 1 is 0.425 bits per heavy atom. The molecule has 0 saturated carbocycles. The molecular formula is C38H23NS. The molecule has 0 aliphatic carbocycles. The van der Waals surface area contributed by atoms with Gasteiger partial charge in [0.15, 0.2) is 0 Å². The lowest BCUT2D eigenvalue weighted by molar-refractivity contribution is 1.18. The molecule has 0 spiro atoms. The first-order chi connectivity index (χ1) is 19.8. The molecular weight excluding hydrogens is 502 g/mol. The molecule has 1 aromatic heterocycles. The Kier molecular flexibility index (Phi) is 4.61. The van der Waals surface area contributed by atoms with Crippen molar-refractivity contribution in [3.8, 4) is 27.9 Å². The number of hydrogen-bond acceptors (Lipinski definition) is 1. The number of fused-ring (bicyclic) bond motifs is 7. The third kappa shape index (κ3) is 3.11. The Balaban J connectivity index is 1.25. The number of rotatable bonds is 2. The minimum atomic E-state index is 1.18. The van der Waals surface area contributed by atoms with Gasteiger partial charge in [-0.3, -0.25) is 0 Å². The van der Waals surface area contributed by atoms with Gasteiger partial charge in [-0.1, -0.05) is 109 Å². The molecule has 0 bridgehead atoms. The molecule has 0 atom stereocenters. The average Bonchev–Trinajstić information content (AvgIpc) is 3.36. The van der Waals surface area contributed by atoms with Crippen LogP contribution in [0.4, 0.5) is 0 Å². The van der Waals surface area contributed by atoms with Gasteiger partial charge in [-0.25, -0.2) is 0 Å². The maximum Gasteiger partial charge on any atom is 0.0547 e. The van der Waals surface area contributed by atoms with Crippen molar-refractivity contribution < 1.29 is 0 Å². The molecule has 0 unspecified atom stereocenters. The monoisotopic (exact) mass is 525 g/mol. The Labute approximate surface area is 236 Å². The fourth-order valence-electron chi connectivity index (χ4n) is 6.59. The zero-order chi connectivity index (χ0) is 26.2. The largest absolute Gasteiger partial charge is 0.309 e. The van der Waals surface area contributed by atoms with E-state index in [0.717, 1.165) is 0 Å². The molecule has 2 heteroatoms. The quantitative estimate of drug-likeness (QED) is 0.217. The van der Waals surface area contributed by atoms with E-state index in [1.54, 1.807) is 0 Å². The van der Waals surface area contributed by atoms with Crippen molar-refractivity contribution >= 4 is 55.1 Å². The van der Waals surface area contributed by atoms with Crippen LogP contribution in [0, 0.1) is 0 Å². The molecule has 0 saturated heterocycles. The van der Waals surface area contributed by atoms with Gasteiger partial charge < -0.3 is 4.57 Å². The lowest BCUT2D eigenvalue weighted by Gasteiger charge is -2.21. The Hall–Kier alpha value is -4.79.